The summed E-state index contributed by atoms with van der Waals surface area (Å²) in [6.07, 6.45) is 0. The van der Waals surface area contributed by atoms with Crippen LogP contribution in [-0.2, 0) is 87.6 Å². The Kier molecular flexibility index (Phi) is 111. The van der Waals surface area contributed by atoms with Crippen LogP contribution in [0.2, 0.25) is 0 Å². The molecule has 0 amide bonds. The maximum Gasteiger partial charge on any atom is 5.00 e. The summed E-state index contributed by atoms with van der Waals surface area (Å²) < 4.78 is 59.8. The first-order valence-electron chi connectivity index (χ1n) is 5.11. The van der Waals surface area contributed by atoms with Crippen LogP contribution in [0.15, 0.2) is 0 Å². The Hall–Kier alpha value is 4.20. The summed E-state index contributed by atoms with van der Waals surface area (Å²) >= 11 is 0. The summed E-state index contributed by atoms with van der Waals surface area (Å²) in [7, 11) is -37.7. The third-order valence-corrected chi connectivity index (χ3v) is 0. The Morgan fingerprint density at radius 3 is 0.205 bits per heavy atom. The van der Waals surface area contributed by atoms with E-state index in [0.717, 1.165) is 0 Å². The zero-order chi connectivity index (χ0) is 31.5. The van der Waals surface area contributed by atoms with Gasteiger partial charge in [0.05, 0.1) is 0 Å². The maximum absolute atomic E-state index is 8.55. The third kappa shape index (κ3) is 5360. The zero-order valence-corrected chi connectivity index (χ0v) is 32.4. The van der Waals surface area contributed by atoms with Crippen LogP contribution in [0.5, 0.6) is 0 Å². The second kappa shape index (κ2) is 47.2. The molecular formula is H12Li3N3O28P7V3. The molecule has 31 nitrogen and oxygen atoms in total. The summed E-state index contributed by atoms with van der Waals surface area (Å²) in [5.41, 5.74) is 0. The summed E-state index contributed by atoms with van der Waals surface area (Å²) in [5, 5.41) is 0. The van der Waals surface area contributed by atoms with Crippen molar-refractivity contribution in [3.8, 4) is 0 Å². The summed E-state index contributed by atoms with van der Waals surface area (Å²) in [5.74, 6) is 0. The van der Waals surface area contributed by atoms with Crippen LogP contribution in [0.25, 0.3) is 0 Å². The van der Waals surface area contributed by atoms with E-state index >= 15 is 0 Å². The van der Waals surface area contributed by atoms with Crippen molar-refractivity contribution in [1.29, 1.82) is 0 Å². The topological polar surface area (TPSA) is 713 Å². The van der Waals surface area contributed by atoms with Crippen molar-refractivity contribution in [2.45, 2.75) is 0 Å². The Balaban J connectivity index is -0.0000000144. The molecule has 0 unspecified atom stereocenters. The van der Waals surface area contributed by atoms with E-state index in [-0.39, 0.29) is 131 Å². The van der Waals surface area contributed by atoms with Gasteiger partial charge in [0.15, 0.2) is 0 Å². The van der Waals surface area contributed by atoms with Crippen LogP contribution in [0.3, 0.4) is 0 Å². The van der Waals surface area contributed by atoms with Gasteiger partial charge in [-0.05, 0) is 0 Å². The predicted molar refractivity (Wildman–Crippen MR) is 71.2 cm³/mol. The fourth-order valence-electron chi connectivity index (χ4n) is 0. The molecule has 44 heavy (non-hydrogen) atoms. The minimum Gasteiger partial charge on any atom is -0.822 e. The normalized spacial score (nSPS) is 9.39. The molecule has 0 aliphatic heterocycles. The van der Waals surface area contributed by atoms with E-state index in [1.165, 1.54) is 0 Å². The van der Waals surface area contributed by atoms with Crippen molar-refractivity contribution in [1.82, 2.24) is 18.5 Å². The predicted octanol–water partition coefficient (Wildman–Crippen LogP) is -27.6. The number of quaternary nitrogens is 3. The van der Waals surface area contributed by atoms with Crippen molar-refractivity contribution >= 4 is 54.8 Å². The second-order valence-electron chi connectivity index (χ2n) is 3.13. The Bertz CT molecular complexity index is 591. The fourth-order valence-corrected chi connectivity index (χ4v) is 0. The molecule has 0 saturated heterocycles. The molecule has 248 valence electrons. The van der Waals surface area contributed by atoms with Gasteiger partial charge < -0.3 is 153 Å². The minimum absolute atomic E-state index is 0. The van der Waals surface area contributed by atoms with Gasteiger partial charge >= 0.3 is 112 Å². The molecule has 0 spiro atoms. The van der Waals surface area contributed by atoms with Crippen LogP contribution in [0.1, 0.15) is 0 Å². The molecule has 0 aliphatic carbocycles. The quantitative estimate of drug-likeness (QED) is 0.150. The molecule has 0 aromatic rings. The number of hydrogen-bond acceptors (Lipinski definition) is 28. The monoisotopic (exact) mass is 893 g/mol. The number of hydrogen-bond donors (Lipinski definition) is 3. The van der Waals surface area contributed by atoms with Gasteiger partial charge in [0.25, 0.3) is 0 Å². The molecule has 0 radical (unpaired) electrons. The molecule has 0 aromatic heterocycles. The minimum atomic E-state index is -5.39. The van der Waals surface area contributed by atoms with E-state index in [1.54, 1.807) is 0 Å². The fraction of sp³-hybridized carbons (Fsp3) is 0. The Morgan fingerprint density at radius 1 is 0.205 bits per heavy atom. The van der Waals surface area contributed by atoms with Gasteiger partial charge in [-0.3, -0.25) is 0 Å². The maximum atomic E-state index is 8.55. The van der Waals surface area contributed by atoms with E-state index in [9.17, 15) is 0 Å². The van der Waals surface area contributed by atoms with E-state index < -0.39 is 54.8 Å². The molecule has 0 atom stereocenters. The van der Waals surface area contributed by atoms with Gasteiger partial charge in [-0.25, -0.2) is 0 Å². The van der Waals surface area contributed by atoms with Gasteiger partial charge in [0, 0.05) is 0 Å². The molecular weight excluding hydrogens is 880 g/mol. The van der Waals surface area contributed by atoms with Crippen molar-refractivity contribution in [2.24, 2.45) is 0 Å². The Morgan fingerprint density at radius 2 is 0.205 bits per heavy atom. The first kappa shape index (κ1) is 104. The molecule has 0 heterocycles. The average Bonchev–Trinajstić information content (AvgIpc) is 2.06. The van der Waals surface area contributed by atoms with Crippen LogP contribution in [0.4, 0.5) is 0 Å². The van der Waals surface area contributed by atoms with Crippen molar-refractivity contribution in [2.75, 3.05) is 0 Å². The largest absolute Gasteiger partial charge is 5.00 e. The zero-order valence-electron chi connectivity index (χ0n) is 21.9. The van der Waals surface area contributed by atoms with Gasteiger partial charge in [-0.1, -0.05) is 0 Å². The summed E-state index contributed by atoms with van der Waals surface area (Å²) in [6.45, 7) is 0. The van der Waals surface area contributed by atoms with Gasteiger partial charge in [-0.2, -0.15) is 54.8 Å². The van der Waals surface area contributed by atoms with E-state index in [4.69, 9.17) is 135 Å². The second-order valence-corrected chi connectivity index (χ2v) is 9.39. The Labute approximate surface area is 317 Å². The molecule has 0 aliphatic rings. The first-order valence-corrected chi connectivity index (χ1v) is 15.3. The van der Waals surface area contributed by atoms with Crippen LogP contribution in [0, 0.1) is 0 Å². The van der Waals surface area contributed by atoms with Crippen LogP contribution < -0.4 is 178 Å². The van der Waals surface area contributed by atoms with E-state index in [0.29, 0.717) is 0 Å². The van der Waals surface area contributed by atoms with E-state index in [1.807, 2.05) is 0 Å². The van der Waals surface area contributed by atoms with Gasteiger partial charge in [0.1, 0.15) is 0 Å². The standard InChI is InChI=1S/3Li.3H3N.7H3O4P.3V/c;;;;;;7*1-5(2,3)4;;;/h;;;3*1H3;7*(H3,1,2,3,4);;;/q3*+1;;;;;;;;;;;3*+5/p-18. The molecule has 0 bridgehead atoms. The van der Waals surface area contributed by atoms with Crippen molar-refractivity contribution < 1.29 is 247 Å². The summed E-state index contributed by atoms with van der Waals surface area (Å²) in [4.78, 5) is 180. The third-order valence-electron chi connectivity index (χ3n) is 0. The molecule has 0 fully saturated rings. The van der Waals surface area contributed by atoms with Crippen LogP contribution >= 0.6 is 54.8 Å². The number of phosphoric acid groups is 7. The SMILES string of the molecule is O=P([O-])([O-])[O-].O=P([O-])([O-])[O-].O=P([O-])([O-])[O-].O=P([O-])([O-])[O-].O=P([O-])([O-])[O-].O=P([O-])([O-])[O-].O=P([O-])([O-])[O-].[Li+].[Li+].[Li+].[NH4+].[NH4+].[NH4+].[V+5].[V+5].[V+5]. The van der Waals surface area contributed by atoms with Crippen LogP contribution in [-0.4, -0.2) is 0 Å². The van der Waals surface area contributed by atoms with Gasteiger partial charge in [-0.15, -0.1) is 0 Å². The summed E-state index contributed by atoms with van der Waals surface area (Å²) in [6, 6.07) is 0. The molecule has 12 N–H and O–H groups in total. The molecule has 0 rings (SSSR count). The number of rotatable bonds is 0. The smallest absolute Gasteiger partial charge is 0.822 e. The first-order chi connectivity index (χ1) is 14.0. The average molecular weight is 893 g/mol. The van der Waals surface area contributed by atoms with Crippen molar-refractivity contribution in [3.63, 3.8) is 0 Å². The molecule has 0 aromatic carbocycles. The molecule has 0 saturated carbocycles. The van der Waals surface area contributed by atoms with Crippen molar-refractivity contribution in [3.05, 3.63) is 0 Å². The molecule has 44 heteroatoms. The van der Waals surface area contributed by atoms with E-state index in [2.05, 4.69) is 0 Å². The van der Waals surface area contributed by atoms with Gasteiger partial charge in [0.2, 0.25) is 0 Å².